The predicted octanol–water partition coefficient (Wildman–Crippen LogP) is 10.3. The van der Waals surface area contributed by atoms with Crippen molar-refractivity contribution in [3.05, 3.63) is 162 Å². The number of benzene rings is 6. The molecule has 0 saturated heterocycles. The van der Waals surface area contributed by atoms with E-state index in [1.54, 1.807) is 0 Å². The van der Waals surface area contributed by atoms with Crippen LogP contribution in [0.1, 0.15) is 18.4 Å². The van der Waals surface area contributed by atoms with Crippen molar-refractivity contribution in [1.82, 2.24) is 14.5 Å². The summed E-state index contributed by atoms with van der Waals surface area (Å²) >= 11 is 0. The SMILES string of the molecule is C1=c2c(oc3c(-c4cccc5oc6ccccc6c45)nc(-c4ccccc4)nc23)=C(c2cccc3c2c2ccccc2n3-c2ccccc2)CC1. The van der Waals surface area contributed by atoms with E-state index in [9.17, 15) is 0 Å². The molecule has 5 nitrogen and oxygen atoms in total. The number of para-hydroxylation sites is 3. The molecule has 0 saturated carbocycles. The zero-order valence-corrected chi connectivity index (χ0v) is 27.5. The highest BCUT2D eigenvalue weighted by Crippen LogP contribution is 2.40. The van der Waals surface area contributed by atoms with Crippen molar-refractivity contribution in [2.75, 3.05) is 0 Å². The van der Waals surface area contributed by atoms with Crippen LogP contribution in [0.25, 0.3) is 94.8 Å². The first kappa shape index (κ1) is 28.2. The number of hydrogen-bond acceptors (Lipinski definition) is 4. The molecule has 4 aromatic heterocycles. The quantitative estimate of drug-likeness (QED) is 0.189. The van der Waals surface area contributed by atoms with Crippen LogP contribution < -0.4 is 10.6 Å². The molecule has 4 heterocycles. The predicted molar refractivity (Wildman–Crippen MR) is 206 cm³/mol. The Labute approximate surface area is 292 Å². The first-order chi connectivity index (χ1) is 25.3. The Hall–Kier alpha value is -6.72. The van der Waals surface area contributed by atoms with Crippen LogP contribution in [0.15, 0.2) is 154 Å². The monoisotopic (exact) mass is 655 g/mol. The second-order valence-corrected chi connectivity index (χ2v) is 13.2. The Kier molecular flexibility index (Phi) is 6.01. The molecule has 0 N–H and O–H groups in total. The van der Waals surface area contributed by atoms with Gasteiger partial charge in [-0.25, -0.2) is 9.97 Å². The number of nitrogens with zero attached hydrogens (tertiary/aromatic N) is 3. The van der Waals surface area contributed by atoms with Gasteiger partial charge in [0, 0.05) is 49.2 Å². The zero-order valence-electron chi connectivity index (χ0n) is 27.5. The fourth-order valence-corrected chi connectivity index (χ4v) is 8.14. The molecule has 1 aliphatic carbocycles. The van der Waals surface area contributed by atoms with Crippen molar-refractivity contribution in [2.24, 2.45) is 0 Å². The van der Waals surface area contributed by atoms with Gasteiger partial charge >= 0.3 is 0 Å². The van der Waals surface area contributed by atoms with Crippen LogP contribution >= 0.6 is 0 Å². The number of fused-ring (bicyclic) bond motifs is 9. The molecule has 0 fully saturated rings. The maximum absolute atomic E-state index is 7.09. The summed E-state index contributed by atoms with van der Waals surface area (Å²) in [6, 6.07) is 50.5. The van der Waals surface area contributed by atoms with Gasteiger partial charge in [0.25, 0.3) is 0 Å². The van der Waals surface area contributed by atoms with Crippen LogP contribution in [0.4, 0.5) is 0 Å². The summed E-state index contributed by atoms with van der Waals surface area (Å²) < 4.78 is 15.8. The summed E-state index contributed by atoms with van der Waals surface area (Å²) in [4.78, 5) is 10.5. The summed E-state index contributed by atoms with van der Waals surface area (Å²) in [6.45, 7) is 0. The average molecular weight is 656 g/mol. The van der Waals surface area contributed by atoms with Gasteiger partial charge < -0.3 is 13.4 Å². The summed E-state index contributed by atoms with van der Waals surface area (Å²) in [5.41, 5.74) is 12.6. The third-order valence-corrected chi connectivity index (χ3v) is 10.3. The molecule has 240 valence electrons. The fourth-order valence-electron chi connectivity index (χ4n) is 8.14. The Bertz CT molecular complexity index is 3130. The highest BCUT2D eigenvalue weighted by molar-refractivity contribution is 6.15. The van der Waals surface area contributed by atoms with Gasteiger partial charge in [-0.05, 0) is 54.8 Å². The number of rotatable bonds is 4. The molecule has 10 aromatic rings. The van der Waals surface area contributed by atoms with Crippen LogP contribution in [0, 0.1) is 0 Å². The van der Waals surface area contributed by atoms with Crippen LogP contribution in [0.5, 0.6) is 0 Å². The van der Waals surface area contributed by atoms with Crippen LogP contribution in [-0.4, -0.2) is 14.5 Å². The first-order valence-corrected chi connectivity index (χ1v) is 17.4. The van der Waals surface area contributed by atoms with E-state index >= 15 is 0 Å². The van der Waals surface area contributed by atoms with Crippen molar-refractivity contribution in [1.29, 1.82) is 0 Å². The molecule has 0 radical (unpaired) electrons. The summed E-state index contributed by atoms with van der Waals surface area (Å²) in [5.74, 6) is 0.667. The van der Waals surface area contributed by atoms with Gasteiger partial charge in [-0.3, -0.25) is 0 Å². The van der Waals surface area contributed by atoms with Gasteiger partial charge in [0.05, 0.1) is 11.0 Å². The molecule has 5 heteroatoms. The number of aromatic nitrogens is 3. The second-order valence-electron chi connectivity index (χ2n) is 13.2. The van der Waals surface area contributed by atoms with Crippen molar-refractivity contribution in [3.8, 4) is 28.3 Å². The van der Waals surface area contributed by atoms with Crippen molar-refractivity contribution in [3.63, 3.8) is 0 Å². The molecule has 0 unspecified atom stereocenters. The smallest absolute Gasteiger partial charge is 0.180 e. The lowest BCUT2D eigenvalue weighted by atomic mass is 9.93. The van der Waals surface area contributed by atoms with E-state index in [1.807, 2.05) is 42.5 Å². The number of furan rings is 2. The molecule has 1 aliphatic rings. The molecule has 11 rings (SSSR count). The third kappa shape index (κ3) is 4.15. The van der Waals surface area contributed by atoms with E-state index in [-0.39, 0.29) is 0 Å². The minimum absolute atomic E-state index is 0.667. The van der Waals surface area contributed by atoms with E-state index in [1.165, 1.54) is 32.9 Å². The van der Waals surface area contributed by atoms with E-state index in [2.05, 4.69) is 114 Å². The minimum atomic E-state index is 0.667. The van der Waals surface area contributed by atoms with Gasteiger partial charge in [0.1, 0.15) is 27.8 Å². The van der Waals surface area contributed by atoms with Crippen LogP contribution in [0.3, 0.4) is 0 Å². The first-order valence-electron chi connectivity index (χ1n) is 17.4. The van der Waals surface area contributed by atoms with E-state index in [4.69, 9.17) is 18.8 Å². The Morgan fingerprint density at radius 3 is 2.14 bits per heavy atom. The molecule has 51 heavy (non-hydrogen) atoms. The molecular formula is C46H29N3O2. The van der Waals surface area contributed by atoms with Gasteiger partial charge in [-0.1, -0.05) is 115 Å². The fraction of sp³-hybridized carbons (Fsp3) is 0.0435. The summed E-state index contributed by atoms with van der Waals surface area (Å²) in [7, 11) is 0. The molecular weight excluding hydrogens is 627 g/mol. The maximum Gasteiger partial charge on any atom is 0.180 e. The summed E-state index contributed by atoms with van der Waals surface area (Å²) in [5, 5.41) is 5.55. The Balaban J connectivity index is 1.26. The van der Waals surface area contributed by atoms with Gasteiger partial charge in [-0.15, -0.1) is 0 Å². The zero-order chi connectivity index (χ0) is 33.5. The Morgan fingerprint density at radius 1 is 0.549 bits per heavy atom. The lowest BCUT2D eigenvalue weighted by Crippen LogP contribution is -2.27. The van der Waals surface area contributed by atoms with E-state index in [0.717, 1.165) is 73.4 Å². The van der Waals surface area contributed by atoms with Crippen LogP contribution in [-0.2, 0) is 0 Å². The topological polar surface area (TPSA) is 57.0 Å². The van der Waals surface area contributed by atoms with Crippen molar-refractivity contribution >= 4 is 66.5 Å². The highest BCUT2D eigenvalue weighted by atomic mass is 16.3. The van der Waals surface area contributed by atoms with Gasteiger partial charge in [-0.2, -0.15) is 0 Å². The molecule has 6 aromatic carbocycles. The maximum atomic E-state index is 7.09. The van der Waals surface area contributed by atoms with Crippen LogP contribution in [0.2, 0.25) is 0 Å². The lowest BCUT2D eigenvalue weighted by Gasteiger charge is -2.11. The van der Waals surface area contributed by atoms with Gasteiger partial charge in [0.15, 0.2) is 11.4 Å². The molecule has 0 spiro atoms. The lowest BCUT2D eigenvalue weighted by molar-refractivity contribution is 0.568. The standard InChI is InChI=1S/C46H29N3O2/c1-3-14-28(15-4-1)46-47-42(34-22-13-27-39-41(34)33-19-8-10-26-38(33)50-39)45-43(48-46)35-23-11-21-31(44(35)51-45)30-20-12-25-37-40(30)32-18-7-9-24-36(32)49(37)29-16-5-2-6-17-29/h1-10,12-20,22-27H,11,21H2. The van der Waals surface area contributed by atoms with Crippen molar-refractivity contribution in [2.45, 2.75) is 12.8 Å². The van der Waals surface area contributed by atoms with E-state index < -0.39 is 0 Å². The number of hydrogen-bond donors (Lipinski definition) is 0. The minimum Gasteiger partial charge on any atom is -0.456 e. The molecule has 0 bridgehead atoms. The summed E-state index contributed by atoms with van der Waals surface area (Å²) in [6.07, 6.45) is 4.02. The third-order valence-electron chi connectivity index (χ3n) is 10.3. The highest BCUT2D eigenvalue weighted by Gasteiger charge is 2.24. The normalized spacial score (nSPS) is 13.1. The Morgan fingerprint density at radius 2 is 1.25 bits per heavy atom. The van der Waals surface area contributed by atoms with E-state index in [0.29, 0.717) is 11.4 Å². The molecule has 0 atom stereocenters. The van der Waals surface area contributed by atoms with Crippen molar-refractivity contribution < 1.29 is 8.83 Å². The van der Waals surface area contributed by atoms with Gasteiger partial charge in [0.2, 0.25) is 0 Å². The average Bonchev–Trinajstić information content (AvgIpc) is 3.88. The largest absolute Gasteiger partial charge is 0.456 e. The second kappa shape index (κ2) is 10.9. The molecule has 0 amide bonds. The molecule has 0 aliphatic heterocycles.